The molecule has 0 fully saturated rings. The smallest absolute Gasteiger partial charge is 0.141 e. The molecule has 0 N–H and O–H groups in total. The van der Waals surface area contributed by atoms with Gasteiger partial charge in [-0.05, 0) is 25.5 Å². The number of hydrogen-bond donors (Lipinski definition) is 0. The zero-order valence-corrected chi connectivity index (χ0v) is 9.56. The first kappa shape index (κ1) is 11.1. The van der Waals surface area contributed by atoms with Crippen LogP contribution >= 0.6 is 11.8 Å². The highest BCUT2D eigenvalue weighted by Crippen LogP contribution is 2.25. The second-order valence-electron chi connectivity index (χ2n) is 3.28. The third-order valence-electron chi connectivity index (χ3n) is 1.95. The first-order valence-electron chi connectivity index (χ1n) is 4.71. The van der Waals surface area contributed by atoms with E-state index >= 15 is 0 Å². The van der Waals surface area contributed by atoms with E-state index in [1.165, 1.54) is 0 Å². The van der Waals surface area contributed by atoms with E-state index in [2.05, 4.69) is 24.9 Å². The van der Waals surface area contributed by atoms with Crippen molar-refractivity contribution in [3.05, 3.63) is 23.5 Å². The lowest BCUT2D eigenvalue weighted by Crippen LogP contribution is -1.94. The minimum absolute atomic E-state index is 0.510. The molecular weight excluding hydrogens is 192 g/mol. The average Bonchev–Trinajstić information content (AvgIpc) is 2.16. The van der Waals surface area contributed by atoms with Gasteiger partial charge < -0.3 is 0 Å². The number of aromatic nitrogens is 1. The Labute approximate surface area is 89.4 Å². The monoisotopic (exact) mass is 206 g/mol. The van der Waals surface area contributed by atoms with Crippen LogP contribution in [0.15, 0.2) is 17.0 Å². The zero-order chi connectivity index (χ0) is 10.6. The Morgan fingerprint density at radius 2 is 2.29 bits per heavy atom. The van der Waals surface area contributed by atoms with Gasteiger partial charge in [0.2, 0.25) is 0 Å². The van der Waals surface area contributed by atoms with Crippen molar-refractivity contribution in [1.29, 1.82) is 5.26 Å². The van der Waals surface area contributed by atoms with Gasteiger partial charge in [-0.25, -0.2) is 4.98 Å². The van der Waals surface area contributed by atoms with Gasteiger partial charge in [0.15, 0.2) is 0 Å². The van der Waals surface area contributed by atoms with Gasteiger partial charge in [-0.1, -0.05) is 13.8 Å². The Kier molecular flexibility index (Phi) is 3.97. The molecule has 1 aromatic rings. The fraction of sp³-hybridized carbons (Fsp3) is 0.455. The minimum Gasteiger partial charge on any atom is -0.242 e. The predicted molar refractivity (Wildman–Crippen MR) is 59.3 cm³/mol. The molecule has 0 bridgehead atoms. The summed E-state index contributed by atoms with van der Waals surface area (Å²) in [4.78, 5) is 5.25. The van der Waals surface area contributed by atoms with Crippen LogP contribution in [0.3, 0.4) is 0 Å². The highest BCUT2D eigenvalue weighted by atomic mass is 32.2. The van der Waals surface area contributed by atoms with Crippen LogP contribution in [0.1, 0.15) is 31.7 Å². The van der Waals surface area contributed by atoms with Crippen molar-refractivity contribution in [3.63, 3.8) is 0 Å². The Balaban J connectivity index is 2.88. The third-order valence-corrected chi connectivity index (χ3v) is 3.20. The molecule has 1 heterocycles. The topological polar surface area (TPSA) is 36.7 Å². The molecule has 0 saturated heterocycles. The molecule has 14 heavy (non-hydrogen) atoms. The average molecular weight is 206 g/mol. The molecule has 3 heteroatoms. The van der Waals surface area contributed by atoms with Gasteiger partial charge in [0, 0.05) is 15.8 Å². The molecule has 1 unspecified atom stereocenters. The van der Waals surface area contributed by atoms with Crippen LogP contribution in [0.4, 0.5) is 0 Å². The fourth-order valence-corrected chi connectivity index (χ4v) is 2.13. The quantitative estimate of drug-likeness (QED) is 0.713. The van der Waals surface area contributed by atoms with E-state index in [1.807, 2.05) is 19.1 Å². The summed E-state index contributed by atoms with van der Waals surface area (Å²) >= 11 is 1.80. The van der Waals surface area contributed by atoms with Crippen molar-refractivity contribution in [3.8, 4) is 6.07 Å². The van der Waals surface area contributed by atoms with E-state index in [-0.39, 0.29) is 0 Å². The molecule has 0 spiro atoms. The first-order chi connectivity index (χ1) is 6.65. The molecule has 1 rings (SSSR count). The Bertz CT molecular complexity index is 355. The van der Waals surface area contributed by atoms with E-state index in [4.69, 9.17) is 5.26 Å². The summed E-state index contributed by atoms with van der Waals surface area (Å²) in [5.74, 6) is 0. The van der Waals surface area contributed by atoms with E-state index in [1.54, 1.807) is 11.8 Å². The molecular formula is C11H14N2S. The summed E-state index contributed by atoms with van der Waals surface area (Å²) < 4.78 is 0. The van der Waals surface area contributed by atoms with E-state index < -0.39 is 0 Å². The highest BCUT2D eigenvalue weighted by Gasteiger charge is 2.04. The second-order valence-corrected chi connectivity index (χ2v) is 4.79. The van der Waals surface area contributed by atoms with E-state index in [0.717, 1.165) is 17.0 Å². The number of nitriles is 1. The molecule has 1 atom stereocenters. The minimum atomic E-state index is 0.510. The number of thioether (sulfide) groups is 1. The number of pyridine rings is 1. The van der Waals surface area contributed by atoms with Crippen molar-refractivity contribution < 1.29 is 0 Å². The highest BCUT2D eigenvalue weighted by molar-refractivity contribution is 7.99. The largest absolute Gasteiger partial charge is 0.242 e. The number of aryl methyl sites for hydroxylation is 1. The van der Waals surface area contributed by atoms with Crippen LogP contribution in [0.2, 0.25) is 0 Å². The molecule has 0 aliphatic carbocycles. The van der Waals surface area contributed by atoms with Crippen molar-refractivity contribution in [2.24, 2.45) is 0 Å². The van der Waals surface area contributed by atoms with Crippen molar-refractivity contribution in [2.75, 3.05) is 0 Å². The van der Waals surface area contributed by atoms with Gasteiger partial charge in [0.1, 0.15) is 11.8 Å². The molecule has 0 radical (unpaired) electrons. The van der Waals surface area contributed by atoms with Gasteiger partial charge >= 0.3 is 0 Å². The summed E-state index contributed by atoms with van der Waals surface area (Å²) in [7, 11) is 0. The van der Waals surface area contributed by atoms with Crippen molar-refractivity contribution >= 4 is 11.8 Å². The summed E-state index contributed by atoms with van der Waals surface area (Å²) in [6.07, 6.45) is 1.13. The third kappa shape index (κ3) is 3.04. The van der Waals surface area contributed by atoms with Gasteiger partial charge in [-0.3, -0.25) is 0 Å². The summed E-state index contributed by atoms with van der Waals surface area (Å²) in [5, 5.41) is 9.34. The standard InChI is InChI=1S/C11H14N2S/c1-4-9(3)14-11-5-8(2)13-10(6-11)7-12/h5-6,9H,4H2,1-3H3. The maximum atomic E-state index is 8.76. The van der Waals surface area contributed by atoms with Crippen LogP contribution in [0.25, 0.3) is 0 Å². The lowest BCUT2D eigenvalue weighted by atomic mass is 10.3. The summed E-state index contributed by atoms with van der Waals surface area (Å²) in [6.45, 7) is 6.27. The molecule has 0 amide bonds. The van der Waals surface area contributed by atoms with Crippen LogP contribution in [-0.4, -0.2) is 10.2 Å². The second kappa shape index (κ2) is 5.02. The van der Waals surface area contributed by atoms with Gasteiger partial charge in [-0.15, -0.1) is 11.8 Å². The SMILES string of the molecule is CCC(C)Sc1cc(C)nc(C#N)c1. The Morgan fingerprint density at radius 1 is 1.57 bits per heavy atom. The van der Waals surface area contributed by atoms with E-state index in [0.29, 0.717) is 10.9 Å². The molecule has 1 aromatic heterocycles. The van der Waals surface area contributed by atoms with E-state index in [9.17, 15) is 0 Å². The molecule has 74 valence electrons. The normalized spacial score (nSPS) is 12.1. The molecule has 0 aliphatic heterocycles. The number of nitrogens with zero attached hydrogens (tertiary/aromatic N) is 2. The van der Waals surface area contributed by atoms with Gasteiger partial charge in [-0.2, -0.15) is 5.26 Å². The summed E-state index contributed by atoms with van der Waals surface area (Å²) in [5.41, 5.74) is 1.42. The fourth-order valence-electron chi connectivity index (χ4n) is 1.08. The first-order valence-corrected chi connectivity index (χ1v) is 5.59. The van der Waals surface area contributed by atoms with Crippen molar-refractivity contribution in [2.45, 2.75) is 37.3 Å². The number of hydrogen-bond acceptors (Lipinski definition) is 3. The van der Waals surface area contributed by atoms with Crippen LogP contribution in [0, 0.1) is 18.3 Å². The van der Waals surface area contributed by atoms with Gasteiger partial charge in [0.05, 0.1) is 0 Å². The maximum absolute atomic E-state index is 8.76. The van der Waals surface area contributed by atoms with Crippen LogP contribution in [0.5, 0.6) is 0 Å². The summed E-state index contributed by atoms with van der Waals surface area (Å²) in [6, 6.07) is 5.95. The number of rotatable bonds is 3. The maximum Gasteiger partial charge on any atom is 0.141 e. The predicted octanol–water partition coefficient (Wildman–Crippen LogP) is 3.15. The molecule has 0 aromatic carbocycles. The Hall–Kier alpha value is -1.01. The van der Waals surface area contributed by atoms with Crippen molar-refractivity contribution in [1.82, 2.24) is 4.98 Å². The lowest BCUT2D eigenvalue weighted by molar-refractivity contribution is 0.905. The molecule has 0 saturated carbocycles. The van der Waals surface area contributed by atoms with Gasteiger partial charge in [0.25, 0.3) is 0 Å². The molecule has 2 nitrogen and oxygen atoms in total. The Morgan fingerprint density at radius 3 is 2.86 bits per heavy atom. The zero-order valence-electron chi connectivity index (χ0n) is 8.74. The van der Waals surface area contributed by atoms with Crippen LogP contribution in [-0.2, 0) is 0 Å². The molecule has 0 aliphatic rings. The lowest BCUT2D eigenvalue weighted by Gasteiger charge is -2.08. The van der Waals surface area contributed by atoms with Crippen LogP contribution < -0.4 is 0 Å².